The fraction of sp³-hybridized carbons (Fsp3) is 0.364. The molecule has 1 atom stereocenters. The first-order valence-electron chi connectivity index (χ1n) is 14.9. The van der Waals surface area contributed by atoms with E-state index in [0.29, 0.717) is 66.3 Å². The van der Waals surface area contributed by atoms with Crippen LogP contribution in [0.5, 0.6) is 0 Å². The molecular formula is C33H35F3N6O3. The number of aryl methyl sites for hydroxylation is 3. The maximum Gasteiger partial charge on any atom is 0.252 e. The van der Waals surface area contributed by atoms with E-state index in [1.807, 2.05) is 18.7 Å². The van der Waals surface area contributed by atoms with Gasteiger partial charge in [0.15, 0.2) is 11.6 Å². The minimum atomic E-state index is -0.985. The van der Waals surface area contributed by atoms with Crippen LogP contribution in [0.3, 0.4) is 0 Å². The van der Waals surface area contributed by atoms with E-state index in [1.165, 1.54) is 18.2 Å². The van der Waals surface area contributed by atoms with Gasteiger partial charge in [0.2, 0.25) is 11.8 Å². The molecule has 1 aliphatic rings. The number of amides is 2. The summed E-state index contributed by atoms with van der Waals surface area (Å²) in [5.41, 5.74) is 9.71. The highest BCUT2D eigenvalue weighted by molar-refractivity contribution is 6.03. The Hall–Kier alpha value is -4.74. The molecule has 2 amide bonds. The first-order valence-corrected chi connectivity index (χ1v) is 14.9. The van der Waals surface area contributed by atoms with Crippen LogP contribution in [0.15, 0.2) is 46.9 Å². The van der Waals surface area contributed by atoms with Gasteiger partial charge in [-0.2, -0.15) is 0 Å². The molecule has 0 aliphatic carbocycles. The van der Waals surface area contributed by atoms with Gasteiger partial charge in [-0.1, -0.05) is 32.0 Å². The maximum atomic E-state index is 13.7. The number of anilines is 1. The quantitative estimate of drug-likeness (QED) is 0.239. The number of rotatable bonds is 11. The van der Waals surface area contributed by atoms with Crippen molar-refractivity contribution in [3.05, 3.63) is 93.9 Å². The highest BCUT2D eigenvalue weighted by Gasteiger charge is 2.35. The molecule has 0 radical (unpaired) electrons. The fourth-order valence-electron chi connectivity index (χ4n) is 5.66. The molecule has 0 spiro atoms. The third kappa shape index (κ3) is 7.33. The number of nitrogens with two attached hydrogens (primary N) is 1. The molecule has 3 N–H and O–H groups in total. The van der Waals surface area contributed by atoms with Crippen LogP contribution in [0.4, 0.5) is 18.9 Å². The van der Waals surface area contributed by atoms with Crippen LogP contribution < -0.4 is 16.0 Å². The summed E-state index contributed by atoms with van der Waals surface area (Å²) in [5.74, 6) is -3.01. The third-order valence-corrected chi connectivity index (χ3v) is 7.80. The van der Waals surface area contributed by atoms with E-state index in [4.69, 9.17) is 15.1 Å². The molecule has 1 saturated heterocycles. The van der Waals surface area contributed by atoms with Gasteiger partial charge in [-0.05, 0) is 67.0 Å². The number of nitrogens with zero attached hydrogens (tertiary/aromatic N) is 4. The Kier molecular flexibility index (Phi) is 9.50. The van der Waals surface area contributed by atoms with Gasteiger partial charge in [-0.25, -0.2) is 13.2 Å². The Balaban J connectivity index is 1.52. The zero-order valence-corrected chi connectivity index (χ0v) is 25.4. The van der Waals surface area contributed by atoms with Crippen molar-refractivity contribution in [2.24, 2.45) is 17.6 Å². The molecule has 9 nitrogen and oxygen atoms in total. The summed E-state index contributed by atoms with van der Waals surface area (Å²) in [5, 5.41) is 11.1. The lowest BCUT2D eigenvalue weighted by atomic mass is 9.94. The molecule has 1 aliphatic heterocycles. The van der Waals surface area contributed by atoms with Crippen LogP contribution in [-0.2, 0) is 30.6 Å². The summed E-state index contributed by atoms with van der Waals surface area (Å²) in [6, 6.07) is 9.71. The van der Waals surface area contributed by atoms with Crippen LogP contribution in [0.1, 0.15) is 59.0 Å². The average Bonchev–Trinajstić information content (AvgIpc) is 3.66. The van der Waals surface area contributed by atoms with Crippen molar-refractivity contribution in [3.8, 4) is 11.5 Å². The van der Waals surface area contributed by atoms with E-state index in [0.717, 1.165) is 17.7 Å². The Morgan fingerprint density at radius 3 is 2.40 bits per heavy atom. The zero-order valence-electron chi connectivity index (χ0n) is 25.4. The van der Waals surface area contributed by atoms with Crippen molar-refractivity contribution in [2.75, 3.05) is 18.0 Å². The Bertz CT molecular complexity index is 1710. The SMILES string of the molecule is Cc1nnc(-c2c(CCc3ccc(F)cc3)nc(CC(C)C)c(C(N)=O)c2N2CC[C@@H](C(=O)NCc3ccc(F)c(F)c3)C2)o1. The Labute approximate surface area is 259 Å². The third-order valence-electron chi connectivity index (χ3n) is 7.80. The molecule has 0 saturated carbocycles. The van der Waals surface area contributed by atoms with Crippen molar-refractivity contribution in [1.29, 1.82) is 0 Å². The molecule has 0 unspecified atom stereocenters. The van der Waals surface area contributed by atoms with Gasteiger partial charge in [0, 0.05) is 26.6 Å². The number of primary amides is 1. The smallest absolute Gasteiger partial charge is 0.252 e. The highest BCUT2D eigenvalue weighted by Crippen LogP contribution is 2.40. The molecule has 2 aromatic carbocycles. The summed E-state index contributed by atoms with van der Waals surface area (Å²) in [6.07, 6.45) is 1.89. The minimum absolute atomic E-state index is 0.0346. The fourth-order valence-corrected chi connectivity index (χ4v) is 5.66. The average molecular weight is 621 g/mol. The van der Waals surface area contributed by atoms with Crippen molar-refractivity contribution in [3.63, 3.8) is 0 Å². The summed E-state index contributed by atoms with van der Waals surface area (Å²) in [4.78, 5) is 33.2. The first-order chi connectivity index (χ1) is 21.5. The zero-order chi connectivity index (χ0) is 32.2. The number of carbonyl (C=O) groups is 2. The van der Waals surface area contributed by atoms with E-state index < -0.39 is 23.5 Å². The molecular weight excluding hydrogens is 585 g/mol. The van der Waals surface area contributed by atoms with Crippen molar-refractivity contribution in [2.45, 2.75) is 53.0 Å². The van der Waals surface area contributed by atoms with Crippen LogP contribution in [-0.4, -0.2) is 40.1 Å². The number of aromatic nitrogens is 3. The largest absolute Gasteiger partial charge is 0.421 e. The normalized spacial score (nSPS) is 14.7. The molecule has 45 heavy (non-hydrogen) atoms. The van der Waals surface area contributed by atoms with Crippen molar-refractivity contribution in [1.82, 2.24) is 20.5 Å². The van der Waals surface area contributed by atoms with Crippen LogP contribution in [0, 0.1) is 36.2 Å². The van der Waals surface area contributed by atoms with E-state index in [1.54, 1.807) is 19.1 Å². The number of halogens is 3. The number of pyridine rings is 1. The molecule has 236 valence electrons. The predicted molar refractivity (Wildman–Crippen MR) is 162 cm³/mol. The van der Waals surface area contributed by atoms with Gasteiger partial charge in [0.05, 0.1) is 34.1 Å². The monoisotopic (exact) mass is 620 g/mol. The summed E-state index contributed by atoms with van der Waals surface area (Å²) >= 11 is 0. The second-order valence-electron chi connectivity index (χ2n) is 11.7. The van der Waals surface area contributed by atoms with Crippen LogP contribution >= 0.6 is 0 Å². The van der Waals surface area contributed by atoms with E-state index in [2.05, 4.69) is 15.5 Å². The number of benzene rings is 2. The summed E-state index contributed by atoms with van der Waals surface area (Å²) in [6.45, 7) is 6.41. The summed E-state index contributed by atoms with van der Waals surface area (Å²) < 4.78 is 46.5. The lowest BCUT2D eigenvalue weighted by Gasteiger charge is -2.27. The highest BCUT2D eigenvalue weighted by atomic mass is 19.2. The van der Waals surface area contributed by atoms with Gasteiger partial charge >= 0.3 is 0 Å². The van der Waals surface area contributed by atoms with Crippen LogP contribution in [0.25, 0.3) is 11.5 Å². The van der Waals surface area contributed by atoms with E-state index in [9.17, 15) is 22.8 Å². The lowest BCUT2D eigenvalue weighted by molar-refractivity contribution is -0.124. The van der Waals surface area contributed by atoms with Crippen LogP contribution in [0.2, 0.25) is 0 Å². The molecule has 0 bridgehead atoms. The number of nitrogens with one attached hydrogen (secondary N) is 1. The Morgan fingerprint density at radius 2 is 1.76 bits per heavy atom. The Morgan fingerprint density at radius 1 is 1.02 bits per heavy atom. The lowest BCUT2D eigenvalue weighted by Crippen LogP contribution is -2.33. The van der Waals surface area contributed by atoms with Crippen molar-refractivity contribution >= 4 is 17.5 Å². The standard InChI is InChI=1S/C33H35F3N6O3/c1-18(2)14-27-28(31(37)43)30(42-13-12-22(17-42)32(44)38-16-21-6-10-24(35)25(36)15-21)29(33-41-40-19(3)45-33)26(39-27)11-7-20-4-8-23(34)9-5-20/h4-6,8-10,15,18,22H,7,11-14,16-17H2,1-3H3,(H2,37,43)(H,38,44)/t22-/m1/s1. The second kappa shape index (κ2) is 13.5. The molecule has 1 fully saturated rings. The molecule has 5 rings (SSSR count). The molecule has 4 aromatic rings. The minimum Gasteiger partial charge on any atom is -0.421 e. The first kappa shape index (κ1) is 31.7. The number of hydrogen-bond acceptors (Lipinski definition) is 7. The van der Waals surface area contributed by atoms with E-state index in [-0.39, 0.29) is 42.2 Å². The topological polar surface area (TPSA) is 127 Å². The number of hydrogen-bond donors (Lipinski definition) is 2. The van der Waals surface area contributed by atoms with Gasteiger partial charge in [0.25, 0.3) is 11.8 Å². The van der Waals surface area contributed by atoms with Gasteiger partial charge in [-0.15, -0.1) is 10.2 Å². The van der Waals surface area contributed by atoms with Gasteiger partial charge < -0.3 is 20.4 Å². The molecule has 12 heteroatoms. The molecule has 2 aromatic heterocycles. The molecule has 3 heterocycles. The van der Waals surface area contributed by atoms with Gasteiger partial charge in [0.1, 0.15) is 5.82 Å². The predicted octanol–water partition coefficient (Wildman–Crippen LogP) is 5.08. The van der Waals surface area contributed by atoms with E-state index >= 15 is 0 Å². The van der Waals surface area contributed by atoms with Crippen molar-refractivity contribution < 1.29 is 27.2 Å². The maximum absolute atomic E-state index is 13.7. The second-order valence-corrected chi connectivity index (χ2v) is 11.7. The summed E-state index contributed by atoms with van der Waals surface area (Å²) in [7, 11) is 0. The van der Waals surface area contributed by atoms with Gasteiger partial charge in [-0.3, -0.25) is 14.6 Å². The number of carbonyl (C=O) groups excluding carboxylic acids is 2.